The molecule has 3 rings (SSSR count). The SMILES string of the molecule is COc1ccc([C@H](O)c2nc(C)cc3cc(OC)ccc23)cc1. The minimum Gasteiger partial charge on any atom is -0.497 e. The highest BCUT2D eigenvalue weighted by Crippen LogP contribution is 2.30. The largest absolute Gasteiger partial charge is 0.497 e. The lowest BCUT2D eigenvalue weighted by molar-refractivity contribution is 0.217. The molecule has 1 atom stereocenters. The first-order valence-corrected chi connectivity index (χ1v) is 7.39. The second-order valence-corrected chi connectivity index (χ2v) is 5.41. The van der Waals surface area contributed by atoms with Crippen LogP contribution < -0.4 is 9.47 Å². The third kappa shape index (κ3) is 2.98. The minimum atomic E-state index is -0.795. The average Bonchev–Trinajstić information content (AvgIpc) is 2.59. The van der Waals surface area contributed by atoms with Gasteiger partial charge in [-0.25, -0.2) is 0 Å². The van der Waals surface area contributed by atoms with E-state index in [4.69, 9.17) is 9.47 Å². The average molecular weight is 309 g/mol. The van der Waals surface area contributed by atoms with E-state index in [1.54, 1.807) is 14.2 Å². The van der Waals surface area contributed by atoms with E-state index in [9.17, 15) is 5.11 Å². The number of aliphatic hydroxyl groups excluding tert-OH is 1. The summed E-state index contributed by atoms with van der Waals surface area (Å²) >= 11 is 0. The van der Waals surface area contributed by atoms with Gasteiger partial charge in [-0.1, -0.05) is 12.1 Å². The van der Waals surface area contributed by atoms with Gasteiger partial charge in [0.05, 0.1) is 19.9 Å². The molecule has 0 radical (unpaired) electrons. The molecule has 0 saturated heterocycles. The van der Waals surface area contributed by atoms with Crippen LogP contribution in [0.25, 0.3) is 10.8 Å². The Hall–Kier alpha value is -2.59. The molecule has 1 heterocycles. The van der Waals surface area contributed by atoms with Crippen LogP contribution in [-0.4, -0.2) is 24.3 Å². The third-order valence-electron chi connectivity index (χ3n) is 3.89. The van der Waals surface area contributed by atoms with Crippen LogP contribution >= 0.6 is 0 Å². The van der Waals surface area contributed by atoms with Crippen LogP contribution in [-0.2, 0) is 0 Å². The number of hydrogen-bond donors (Lipinski definition) is 1. The number of benzene rings is 2. The zero-order valence-electron chi connectivity index (χ0n) is 13.4. The number of ether oxygens (including phenoxy) is 2. The summed E-state index contributed by atoms with van der Waals surface area (Å²) in [7, 11) is 3.26. The van der Waals surface area contributed by atoms with Gasteiger partial charge in [0.25, 0.3) is 0 Å². The molecule has 23 heavy (non-hydrogen) atoms. The van der Waals surface area contributed by atoms with Crippen LogP contribution in [0.2, 0.25) is 0 Å². The predicted molar refractivity (Wildman–Crippen MR) is 90.1 cm³/mol. The fourth-order valence-electron chi connectivity index (χ4n) is 2.68. The number of rotatable bonds is 4. The van der Waals surface area contributed by atoms with E-state index in [1.165, 1.54) is 0 Å². The normalized spacial score (nSPS) is 12.2. The van der Waals surface area contributed by atoms with Crippen molar-refractivity contribution in [2.24, 2.45) is 0 Å². The Labute approximate surface area is 135 Å². The van der Waals surface area contributed by atoms with Crippen molar-refractivity contribution in [1.29, 1.82) is 0 Å². The maximum absolute atomic E-state index is 10.8. The lowest BCUT2D eigenvalue weighted by atomic mass is 10.00. The van der Waals surface area contributed by atoms with E-state index in [-0.39, 0.29) is 0 Å². The van der Waals surface area contributed by atoms with Crippen LogP contribution in [0.5, 0.6) is 11.5 Å². The second kappa shape index (κ2) is 6.26. The first kappa shape index (κ1) is 15.3. The zero-order valence-corrected chi connectivity index (χ0v) is 13.4. The molecule has 1 aromatic heterocycles. The highest BCUT2D eigenvalue weighted by Gasteiger charge is 2.16. The molecular weight excluding hydrogens is 290 g/mol. The number of aromatic nitrogens is 1. The lowest BCUT2D eigenvalue weighted by Crippen LogP contribution is -2.04. The summed E-state index contributed by atoms with van der Waals surface area (Å²) in [5.74, 6) is 1.54. The molecule has 2 aromatic carbocycles. The van der Waals surface area contributed by atoms with Crippen LogP contribution in [0.3, 0.4) is 0 Å². The molecule has 4 nitrogen and oxygen atoms in total. The van der Waals surface area contributed by atoms with Gasteiger partial charge in [-0.15, -0.1) is 0 Å². The highest BCUT2D eigenvalue weighted by molar-refractivity contribution is 5.86. The fourth-order valence-corrected chi connectivity index (χ4v) is 2.68. The summed E-state index contributed by atoms with van der Waals surface area (Å²) in [5, 5.41) is 12.7. The Morgan fingerprint density at radius 3 is 2.22 bits per heavy atom. The number of pyridine rings is 1. The predicted octanol–water partition coefficient (Wildman–Crippen LogP) is 3.64. The third-order valence-corrected chi connectivity index (χ3v) is 3.89. The molecule has 0 aliphatic rings. The Bertz CT molecular complexity index is 828. The van der Waals surface area contributed by atoms with E-state index >= 15 is 0 Å². The van der Waals surface area contributed by atoms with Gasteiger partial charge in [0.15, 0.2) is 0 Å². The number of methoxy groups -OCH3 is 2. The number of hydrogen-bond acceptors (Lipinski definition) is 4. The van der Waals surface area contributed by atoms with Gasteiger partial charge in [-0.3, -0.25) is 4.98 Å². The molecule has 4 heteroatoms. The van der Waals surface area contributed by atoms with Crippen molar-refractivity contribution in [2.45, 2.75) is 13.0 Å². The van der Waals surface area contributed by atoms with Crippen LogP contribution in [0.15, 0.2) is 48.5 Å². The van der Waals surface area contributed by atoms with E-state index in [1.807, 2.05) is 55.5 Å². The molecule has 0 unspecified atom stereocenters. The fraction of sp³-hybridized carbons (Fsp3) is 0.211. The minimum absolute atomic E-state index is 0.646. The van der Waals surface area contributed by atoms with Gasteiger partial charge < -0.3 is 14.6 Å². The Kier molecular flexibility index (Phi) is 4.17. The summed E-state index contributed by atoms with van der Waals surface area (Å²) < 4.78 is 10.4. The van der Waals surface area contributed by atoms with Crippen LogP contribution in [0, 0.1) is 6.92 Å². The molecule has 0 spiro atoms. The highest BCUT2D eigenvalue weighted by atomic mass is 16.5. The smallest absolute Gasteiger partial charge is 0.122 e. The molecule has 0 saturated carbocycles. The zero-order chi connectivity index (χ0) is 16.4. The first-order valence-electron chi connectivity index (χ1n) is 7.39. The molecule has 0 aliphatic carbocycles. The lowest BCUT2D eigenvalue weighted by Gasteiger charge is -2.15. The maximum Gasteiger partial charge on any atom is 0.122 e. The summed E-state index contributed by atoms with van der Waals surface area (Å²) in [4.78, 5) is 4.55. The topological polar surface area (TPSA) is 51.6 Å². The molecule has 3 aromatic rings. The standard InChI is InChI=1S/C19H19NO3/c1-12-10-14-11-16(23-3)8-9-17(14)18(20-12)19(21)13-4-6-15(22-2)7-5-13/h4-11,19,21H,1-3H3/t19-/m0/s1. The van der Waals surface area contributed by atoms with E-state index in [0.29, 0.717) is 5.69 Å². The summed E-state index contributed by atoms with van der Waals surface area (Å²) in [6.45, 7) is 1.92. The molecule has 1 N–H and O–H groups in total. The number of fused-ring (bicyclic) bond motifs is 1. The molecular formula is C19H19NO3. The van der Waals surface area contributed by atoms with Crippen molar-refractivity contribution in [2.75, 3.05) is 14.2 Å². The van der Waals surface area contributed by atoms with Gasteiger partial charge in [-0.2, -0.15) is 0 Å². The van der Waals surface area contributed by atoms with Gasteiger partial charge in [0.2, 0.25) is 0 Å². The Morgan fingerprint density at radius 2 is 1.57 bits per heavy atom. The molecule has 0 amide bonds. The summed E-state index contributed by atoms with van der Waals surface area (Å²) in [6.07, 6.45) is -0.795. The van der Waals surface area contributed by atoms with Crippen molar-refractivity contribution >= 4 is 10.8 Å². The Balaban J connectivity index is 2.10. The molecule has 0 bridgehead atoms. The number of aliphatic hydroxyl groups is 1. The summed E-state index contributed by atoms with van der Waals surface area (Å²) in [6, 6.07) is 15.1. The van der Waals surface area contributed by atoms with Crippen LogP contribution in [0.1, 0.15) is 23.1 Å². The molecule has 0 fully saturated rings. The van der Waals surface area contributed by atoms with Gasteiger partial charge in [-0.05, 0) is 54.3 Å². The first-order chi connectivity index (χ1) is 11.1. The van der Waals surface area contributed by atoms with E-state index in [2.05, 4.69) is 4.98 Å². The van der Waals surface area contributed by atoms with E-state index in [0.717, 1.165) is 33.5 Å². The molecule has 0 aliphatic heterocycles. The van der Waals surface area contributed by atoms with Crippen molar-refractivity contribution in [3.63, 3.8) is 0 Å². The van der Waals surface area contributed by atoms with Crippen molar-refractivity contribution < 1.29 is 14.6 Å². The molecule has 118 valence electrons. The van der Waals surface area contributed by atoms with Crippen molar-refractivity contribution in [3.05, 3.63) is 65.5 Å². The maximum atomic E-state index is 10.8. The summed E-state index contributed by atoms with van der Waals surface area (Å²) in [5.41, 5.74) is 2.28. The number of nitrogens with zero attached hydrogens (tertiary/aromatic N) is 1. The van der Waals surface area contributed by atoms with E-state index < -0.39 is 6.10 Å². The van der Waals surface area contributed by atoms with Gasteiger partial charge in [0, 0.05) is 11.1 Å². The second-order valence-electron chi connectivity index (χ2n) is 5.41. The van der Waals surface area contributed by atoms with Crippen LogP contribution in [0.4, 0.5) is 0 Å². The number of aryl methyl sites for hydroxylation is 1. The quantitative estimate of drug-likeness (QED) is 0.799. The van der Waals surface area contributed by atoms with Crippen molar-refractivity contribution in [3.8, 4) is 11.5 Å². The van der Waals surface area contributed by atoms with Gasteiger partial charge >= 0.3 is 0 Å². The van der Waals surface area contributed by atoms with Gasteiger partial charge in [0.1, 0.15) is 17.6 Å². The monoisotopic (exact) mass is 309 g/mol. The Morgan fingerprint density at radius 1 is 0.913 bits per heavy atom. The van der Waals surface area contributed by atoms with Crippen molar-refractivity contribution in [1.82, 2.24) is 4.98 Å².